The van der Waals surface area contributed by atoms with Crippen molar-refractivity contribution in [2.45, 2.75) is 314 Å². The molecule has 1 aliphatic heterocycles. The molecule has 1 aliphatic rings. The van der Waals surface area contributed by atoms with Crippen molar-refractivity contribution in [3.05, 3.63) is 12.2 Å². The number of aliphatic hydroxyl groups excluding tert-OH is 4. The number of ether oxygens (including phenoxy) is 4. The van der Waals surface area contributed by atoms with E-state index in [4.69, 9.17) is 18.9 Å². The van der Waals surface area contributed by atoms with Gasteiger partial charge in [-0.1, -0.05) is 244 Å². The van der Waals surface area contributed by atoms with E-state index in [2.05, 4.69) is 26.0 Å². The summed E-state index contributed by atoms with van der Waals surface area (Å²) in [5.74, 6) is -0.825. The molecule has 0 aliphatic carbocycles. The largest absolute Gasteiger partial charge is 0.462 e. The van der Waals surface area contributed by atoms with Gasteiger partial charge >= 0.3 is 11.9 Å². The molecule has 0 spiro atoms. The van der Waals surface area contributed by atoms with Crippen LogP contribution in [0.4, 0.5) is 0 Å². The summed E-state index contributed by atoms with van der Waals surface area (Å²) in [6, 6.07) is 0. The Morgan fingerprint density at radius 2 is 0.818 bits per heavy atom. The van der Waals surface area contributed by atoms with E-state index in [1.807, 2.05) is 0 Å². The van der Waals surface area contributed by atoms with Crippen molar-refractivity contribution in [1.29, 1.82) is 0 Å². The number of esters is 2. The predicted molar refractivity (Wildman–Crippen MR) is 270 cm³/mol. The molecule has 6 atom stereocenters. The lowest BCUT2D eigenvalue weighted by Crippen LogP contribution is -2.59. The van der Waals surface area contributed by atoms with E-state index in [-0.39, 0.29) is 26.1 Å². The second-order valence-electron chi connectivity index (χ2n) is 19.7. The van der Waals surface area contributed by atoms with Gasteiger partial charge < -0.3 is 39.4 Å². The molecule has 0 aromatic rings. The first-order valence-corrected chi connectivity index (χ1v) is 28.3. The van der Waals surface area contributed by atoms with Crippen LogP contribution in [0.15, 0.2) is 12.2 Å². The predicted octanol–water partition coefficient (Wildman–Crippen LogP) is 13.8. The quantitative estimate of drug-likeness (QED) is 0.0263. The van der Waals surface area contributed by atoms with E-state index >= 15 is 0 Å². The lowest BCUT2D eigenvalue weighted by molar-refractivity contribution is -0.305. The molecule has 4 N–H and O–H groups in total. The van der Waals surface area contributed by atoms with E-state index in [9.17, 15) is 30.0 Å². The van der Waals surface area contributed by atoms with Crippen LogP contribution in [-0.4, -0.2) is 89.0 Å². The zero-order valence-electron chi connectivity index (χ0n) is 43.0. The van der Waals surface area contributed by atoms with Crippen LogP contribution >= 0.6 is 0 Å². The average molecular weight is 939 g/mol. The lowest BCUT2D eigenvalue weighted by Gasteiger charge is -2.39. The Morgan fingerprint density at radius 3 is 1.23 bits per heavy atom. The minimum atomic E-state index is -1.60. The number of aliphatic hydroxyl groups is 4. The molecule has 2 unspecified atom stereocenters. The molecule has 0 radical (unpaired) electrons. The van der Waals surface area contributed by atoms with Crippen molar-refractivity contribution in [2.24, 2.45) is 0 Å². The maximum atomic E-state index is 12.9. The van der Waals surface area contributed by atoms with Crippen LogP contribution in [0.1, 0.15) is 277 Å². The van der Waals surface area contributed by atoms with Crippen LogP contribution in [0.5, 0.6) is 0 Å². The average Bonchev–Trinajstić information content (AvgIpc) is 3.32. The maximum Gasteiger partial charge on any atom is 0.306 e. The first kappa shape index (κ1) is 62.5. The zero-order chi connectivity index (χ0) is 48.0. The van der Waals surface area contributed by atoms with Gasteiger partial charge in [0.05, 0.1) is 13.2 Å². The second kappa shape index (κ2) is 47.1. The number of hydrogen-bond donors (Lipinski definition) is 4. The van der Waals surface area contributed by atoms with E-state index in [0.29, 0.717) is 12.8 Å². The van der Waals surface area contributed by atoms with Gasteiger partial charge in [-0.05, 0) is 32.1 Å². The van der Waals surface area contributed by atoms with Crippen molar-refractivity contribution in [3.8, 4) is 0 Å². The molecule has 0 bridgehead atoms. The highest BCUT2D eigenvalue weighted by molar-refractivity contribution is 5.70. The number of carbonyl (C=O) groups excluding carboxylic acids is 2. The molecule has 1 rings (SSSR count). The van der Waals surface area contributed by atoms with Crippen LogP contribution < -0.4 is 0 Å². The molecular weight excluding hydrogens is 833 g/mol. The lowest BCUT2D eigenvalue weighted by atomic mass is 9.99. The third-order valence-corrected chi connectivity index (χ3v) is 13.4. The summed E-state index contributed by atoms with van der Waals surface area (Å²) in [7, 11) is 0. The van der Waals surface area contributed by atoms with Crippen molar-refractivity contribution in [3.63, 3.8) is 0 Å². The van der Waals surface area contributed by atoms with Crippen LogP contribution in [0.2, 0.25) is 0 Å². The number of carbonyl (C=O) groups is 2. The zero-order valence-corrected chi connectivity index (χ0v) is 43.0. The number of hydrogen-bond acceptors (Lipinski definition) is 10. The van der Waals surface area contributed by atoms with Crippen molar-refractivity contribution in [1.82, 2.24) is 0 Å². The molecule has 1 heterocycles. The summed E-state index contributed by atoms with van der Waals surface area (Å²) < 4.78 is 22.3. The van der Waals surface area contributed by atoms with Crippen molar-refractivity contribution >= 4 is 11.9 Å². The standard InChI is InChI=1S/C56H106O10/c1-3-5-7-9-11-13-15-17-19-21-23-24-25-26-27-29-30-32-34-36-38-40-42-44-51(58)63-47-49(48-64-56-55(62)54(61)53(60)50(46-57)66-56)65-52(59)45-43-41-39-37-35-33-31-28-22-20-18-16-14-12-10-8-6-4-2/h36,38,49-50,53-57,60-62H,3-35,37,39-48H2,1-2H3/b38-36+/t49-,50-,53+,54?,55?,56-/m0/s1. The molecular formula is C56H106O10. The van der Waals surface area contributed by atoms with Gasteiger partial charge in [0.15, 0.2) is 12.4 Å². The highest BCUT2D eigenvalue weighted by atomic mass is 16.7. The van der Waals surface area contributed by atoms with Crippen LogP contribution in [0, 0.1) is 0 Å². The van der Waals surface area contributed by atoms with Gasteiger partial charge in [0.1, 0.15) is 31.0 Å². The molecule has 0 aromatic heterocycles. The second-order valence-corrected chi connectivity index (χ2v) is 19.7. The van der Waals surface area contributed by atoms with Gasteiger partial charge in [-0.25, -0.2) is 0 Å². The highest BCUT2D eigenvalue weighted by Crippen LogP contribution is 2.23. The minimum Gasteiger partial charge on any atom is -0.462 e. The maximum absolute atomic E-state index is 12.9. The Morgan fingerprint density at radius 1 is 0.455 bits per heavy atom. The smallest absolute Gasteiger partial charge is 0.306 e. The minimum absolute atomic E-state index is 0.226. The first-order chi connectivity index (χ1) is 32.3. The summed E-state index contributed by atoms with van der Waals surface area (Å²) in [4.78, 5) is 25.5. The van der Waals surface area contributed by atoms with Gasteiger partial charge in [-0.2, -0.15) is 0 Å². The Balaban J connectivity index is 2.21. The SMILES string of the molecule is CCCCCCCCCCCCCCCCCCCC/C=C/CCCC(=O)OC[C@@H](CO[C@H]1O[C@@H](CO)[C@@H](O)C(O)C1O)OC(=O)CCCCCCCCCCCCCCCCCCCC. The summed E-state index contributed by atoms with van der Waals surface area (Å²) in [5, 5.41) is 40.3. The number of unbranched alkanes of at least 4 members (excludes halogenated alkanes) is 36. The fourth-order valence-electron chi connectivity index (χ4n) is 8.96. The van der Waals surface area contributed by atoms with Gasteiger partial charge in [0.2, 0.25) is 0 Å². The van der Waals surface area contributed by atoms with Gasteiger partial charge in [-0.15, -0.1) is 0 Å². The van der Waals surface area contributed by atoms with Gasteiger partial charge in [0.25, 0.3) is 0 Å². The van der Waals surface area contributed by atoms with Gasteiger partial charge in [0, 0.05) is 12.8 Å². The number of rotatable bonds is 49. The third-order valence-electron chi connectivity index (χ3n) is 13.4. The van der Waals surface area contributed by atoms with Crippen LogP contribution in [-0.2, 0) is 28.5 Å². The Labute approximate surface area is 405 Å². The summed E-state index contributed by atoms with van der Waals surface area (Å²) >= 11 is 0. The third kappa shape index (κ3) is 37.3. The molecule has 0 amide bonds. The van der Waals surface area contributed by atoms with E-state index in [1.165, 1.54) is 205 Å². The van der Waals surface area contributed by atoms with E-state index in [0.717, 1.165) is 32.1 Å². The monoisotopic (exact) mass is 939 g/mol. The number of allylic oxidation sites excluding steroid dienone is 2. The fourth-order valence-corrected chi connectivity index (χ4v) is 8.96. The summed E-state index contributed by atoms with van der Waals surface area (Å²) in [6.07, 6.45) is 46.7. The first-order valence-electron chi connectivity index (χ1n) is 28.3. The molecule has 10 heteroatoms. The molecule has 1 saturated heterocycles. The Bertz CT molecular complexity index is 1080. The fraction of sp³-hybridized carbons (Fsp3) is 0.929. The molecule has 66 heavy (non-hydrogen) atoms. The van der Waals surface area contributed by atoms with Crippen LogP contribution in [0.25, 0.3) is 0 Å². The topological polar surface area (TPSA) is 152 Å². The summed E-state index contributed by atoms with van der Waals surface area (Å²) in [5.41, 5.74) is 0. The highest BCUT2D eigenvalue weighted by Gasteiger charge is 2.44. The van der Waals surface area contributed by atoms with E-state index < -0.39 is 55.4 Å². The summed E-state index contributed by atoms with van der Waals surface area (Å²) in [6.45, 7) is 3.46. The molecule has 0 aromatic carbocycles. The van der Waals surface area contributed by atoms with Crippen molar-refractivity contribution in [2.75, 3.05) is 19.8 Å². The van der Waals surface area contributed by atoms with Gasteiger partial charge in [-0.3, -0.25) is 9.59 Å². The molecule has 0 saturated carbocycles. The Kier molecular flexibility index (Phi) is 44.6. The van der Waals surface area contributed by atoms with Crippen molar-refractivity contribution < 1.29 is 49.0 Å². The normalized spacial score (nSPS) is 19.2. The van der Waals surface area contributed by atoms with E-state index in [1.54, 1.807) is 0 Å². The Hall–Kier alpha value is -1.56. The molecule has 10 nitrogen and oxygen atoms in total. The molecule has 1 fully saturated rings. The molecule has 390 valence electrons. The van der Waals surface area contributed by atoms with Crippen LogP contribution in [0.3, 0.4) is 0 Å².